The lowest BCUT2D eigenvalue weighted by Crippen LogP contribution is -2.40. The predicted octanol–water partition coefficient (Wildman–Crippen LogP) is 6.52. The number of rotatable bonds is 3. The summed E-state index contributed by atoms with van der Waals surface area (Å²) in [4.78, 5) is 15.1. The minimum atomic E-state index is -0.543. The van der Waals surface area contributed by atoms with E-state index in [0.717, 1.165) is 17.7 Å². The number of ether oxygens (including phenoxy) is 1. The second-order valence-corrected chi connectivity index (χ2v) is 8.52. The molecule has 0 bridgehead atoms. The number of hydrogen-bond acceptors (Lipinski definition) is 2. The molecule has 0 aliphatic carbocycles. The summed E-state index contributed by atoms with van der Waals surface area (Å²) in [6, 6.07) is 18.4. The Morgan fingerprint density at radius 2 is 1.67 bits per heavy atom. The highest BCUT2D eigenvalue weighted by molar-refractivity contribution is 5.92. The molecule has 0 saturated heterocycles. The van der Waals surface area contributed by atoms with Crippen LogP contribution < -0.4 is 0 Å². The minimum Gasteiger partial charge on any atom is -0.443 e. The molecule has 0 saturated carbocycles. The highest BCUT2D eigenvalue weighted by atomic mass is 16.6. The van der Waals surface area contributed by atoms with Gasteiger partial charge in [-0.1, -0.05) is 68.4 Å². The molecule has 0 radical (unpaired) electrons. The summed E-state index contributed by atoms with van der Waals surface area (Å²) in [5.74, 6) is 0.447. The van der Waals surface area contributed by atoms with Gasteiger partial charge in [-0.15, -0.1) is 0 Å². The Labute approximate surface area is 162 Å². The van der Waals surface area contributed by atoms with E-state index in [1.54, 1.807) is 0 Å². The van der Waals surface area contributed by atoms with Crippen molar-refractivity contribution in [2.45, 2.75) is 52.7 Å². The van der Waals surface area contributed by atoms with Gasteiger partial charge in [-0.3, -0.25) is 4.90 Å². The first kappa shape index (κ1) is 19.2. The van der Waals surface area contributed by atoms with Gasteiger partial charge in [-0.25, -0.2) is 4.79 Å². The standard InChI is InChI=1S/C24H29NO2/c1-17(2)15-22-20-14-10-9-13-19(20)16-21(18-11-7-6-8-12-18)25(22)23(26)27-24(3,4)5/h6-14,16-17,22H,15H2,1-5H3. The molecular weight excluding hydrogens is 334 g/mol. The second kappa shape index (κ2) is 7.59. The zero-order valence-corrected chi connectivity index (χ0v) is 16.9. The molecule has 142 valence electrons. The lowest BCUT2D eigenvalue weighted by Gasteiger charge is -2.39. The third-order valence-electron chi connectivity index (χ3n) is 4.57. The van der Waals surface area contributed by atoms with Crippen LogP contribution in [0.2, 0.25) is 0 Å². The van der Waals surface area contributed by atoms with E-state index in [9.17, 15) is 4.79 Å². The molecule has 1 heterocycles. The maximum atomic E-state index is 13.3. The zero-order valence-electron chi connectivity index (χ0n) is 16.9. The summed E-state index contributed by atoms with van der Waals surface area (Å²) in [6.45, 7) is 10.1. The molecular formula is C24H29NO2. The fourth-order valence-electron chi connectivity index (χ4n) is 3.52. The quantitative estimate of drug-likeness (QED) is 0.621. The highest BCUT2D eigenvalue weighted by Gasteiger charge is 2.36. The minimum absolute atomic E-state index is 0.0451. The Balaban J connectivity index is 2.15. The van der Waals surface area contributed by atoms with Crippen molar-refractivity contribution in [2.24, 2.45) is 5.92 Å². The number of hydrogen-bond donors (Lipinski definition) is 0. The molecule has 1 aliphatic heterocycles. The summed E-state index contributed by atoms with van der Waals surface area (Å²) in [5, 5.41) is 0. The Morgan fingerprint density at radius 3 is 2.30 bits per heavy atom. The van der Waals surface area contributed by atoms with Crippen LogP contribution in [-0.4, -0.2) is 16.6 Å². The van der Waals surface area contributed by atoms with Crippen LogP contribution in [0, 0.1) is 5.92 Å². The Hall–Kier alpha value is -2.55. The van der Waals surface area contributed by atoms with Gasteiger partial charge in [-0.05, 0) is 55.9 Å². The molecule has 1 atom stereocenters. The third kappa shape index (κ3) is 4.41. The fourth-order valence-corrected chi connectivity index (χ4v) is 3.52. The van der Waals surface area contributed by atoms with E-state index < -0.39 is 5.60 Å². The van der Waals surface area contributed by atoms with Gasteiger partial charge in [0.15, 0.2) is 0 Å². The van der Waals surface area contributed by atoms with Crippen molar-refractivity contribution in [1.29, 1.82) is 0 Å². The molecule has 2 aromatic rings. The van der Waals surface area contributed by atoms with E-state index in [4.69, 9.17) is 4.74 Å². The molecule has 27 heavy (non-hydrogen) atoms. The van der Waals surface area contributed by atoms with Crippen molar-refractivity contribution in [3.8, 4) is 0 Å². The van der Waals surface area contributed by atoms with Crippen molar-refractivity contribution < 1.29 is 9.53 Å². The molecule has 1 unspecified atom stereocenters. The summed E-state index contributed by atoms with van der Waals surface area (Å²) in [7, 11) is 0. The van der Waals surface area contributed by atoms with Crippen LogP contribution in [0.4, 0.5) is 4.79 Å². The van der Waals surface area contributed by atoms with Crippen LogP contribution in [-0.2, 0) is 4.74 Å². The van der Waals surface area contributed by atoms with Gasteiger partial charge >= 0.3 is 6.09 Å². The Bertz CT molecular complexity index is 831. The maximum Gasteiger partial charge on any atom is 0.415 e. The van der Waals surface area contributed by atoms with Crippen LogP contribution in [0.25, 0.3) is 11.8 Å². The van der Waals surface area contributed by atoms with Gasteiger partial charge in [-0.2, -0.15) is 0 Å². The average molecular weight is 364 g/mol. The number of carbonyl (C=O) groups is 1. The summed E-state index contributed by atoms with van der Waals surface area (Å²) in [5.41, 5.74) is 3.72. The monoisotopic (exact) mass is 363 g/mol. The molecule has 2 aromatic carbocycles. The lowest BCUT2D eigenvalue weighted by molar-refractivity contribution is 0.0273. The molecule has 1 aliphatic rings. The van der Waals surface area contributed by atoms with E-state index in [2.05, 4.69) is 32.1 Å². The molecule has 3 heteroatoms. The number of amides is 1. The van der Waals surface area contributed by atoms with E-state index in [0.29, 0.717) is 5.92 Å². The number of fused-ring (bicyclic) bond motifs is 1. The first-order valence-corrected chi connectivity index (χ1v) is 9.64. The number of benzene rings is 2. The van der Waals surface area contributed by atoms with E-state index in [-0.39, 0.29) is 12.1 Å². The van der Waals surface area contributed by atoms with Gasteiger partial charge in [0, 0.05) is 0 Å². The summed E-state index contributed by atoms with van der Waals surface area (Å²) >= 11 is 0. The molecule has 0 aromatic heterocycles. The van der Waals surface area contributed by atoms with Crippen molar-refractivity contribution in [1.82, 2.24) is 4.90 Å². The van der Waals surface area contributed by atoms with Gasteiger partial charge < -0.3 is 4.74 Å². The second-order valence-electron chi connectivity index (χ2n) is 8.52. The molecule has 0 N–H and O–H groups in total. The van der Waals surface area contributed by atoms with E-state index >= 15 is 0 Å². The number of nitrogens with zero attached hydrogens (tertiary/aromatic N) is 1. The molecule has 0 fully saturated rings. The molecule has 1 amide bonds. The van der Waals surface area contributed by atoms with Crippen LogP contribution in [0.3, 0.4) is 0 Å². The molecule has 0 spiro atoms. The fraction of sp³-hybridized carbons (Fsp3) is 0.375. The Morgan fingerprint density at radius 1 is 1.04 bits per heavy atom. The van der Waals surface area contributed by atoms with Gasteiger partial charge in [0.05, 0.1) is 11.7 Å². The van der Waals surface area contributed by atoms with Crippen LogP contribution >= 0.6 is 0 Å². The van der Waals surface area contributed by atoms with Gasteiger partial charge in [0.25, 0.3) is 0 Å². The van der Waals surface area contributed by atoms with Crippen molar-refractivity contribution in [2.75, 3.05) is 0 Å². The predicted molar refractivity (Wildman–Crippen MR) is 111 cm³/mol. The van der Waals surface area contributed by atoms with Crippen molar-refractivity contribution >= 4 is 17.9 Å². The topological polar surface area (TPSA) is 29.5 Å². The molecule has 3 nitrogen and oxygen atoms in total. The highest BCUT2D eigenvalue weighted by Crippen LogP contribution is 2.42. The number of carbonyl (C=O) groups excluding carboxylic acids is 1. The van der Waals surface area contributed by atoms with E-state index in [1.807, 2.05) is 68.1 Å². The van der Waals surface area contributed by atoms with Crippen LogP contribution in [0.5, 0.6) is 0 Å². The smallest absolute Gasteiger partial charge is 0.415 e. The van der Waals surface area contributed by atoms with Crippen LogP contribution in [0.1, 0.15) is 63.8 Å². The van der Waals surface area contributed by atoms with Crippen molar-refractivity contribution in [3.63, 3.8) is 0 Å². The largest absolute Gasteiger partial charge is 0.443 e. The van der Waals surface area contributed by atoms with Gasteiger partial charge in [0.2, 0.25) is 0 Å². The first-order valence-electron chi connectivity index (χ1n) is 9.64. The lowest BCUT2D eigenvalue weighted by atomic mass is 9.87. The zero-order chi connectivity index (χ0) is 19.6. The Kier molecular flexibility index (Phi) is 5.41. The summed E-state index contributed by atoms with van der Waals surface area (Å²) in [6.07, 6.45) is 2.68. The SMILES string of the molecule is CC(C)CC1c2ccccc2C=C(c2ccccc2)N1C(=O)OC(C)(C)C. The average Bonchev–Trinajstić information content (AvgIpc) is 2.60. The first-order chi connectivity index (χ1) is 12.8. The third-order valence-corrected chi connectivity index (χ3v) is 4.57. The van der Waals surface area contributed by atoms with E-state index in [1.165, 1.54) is 11.1 Å². The summed E-state index contributed by atoms with van der Waals surface area (Å²) < 4.78 is 5.80. The van der Waals surface area contributed by atoms with Crippen LogP contribution in [0.15, 0.2) is 54.6 Å². The van der Waals surface area contributed by atoms with Crippen molar-refractivity contribution in [3.05, 3.63) is 71.3 Å². The normalized spacial score (nSPS) is 16.7. The molecule has 3 rings (SSSR count). The maximum absolute atomic E-state index is 13.3. The van der Waals surface area contributed by atoms with Gasteiger partial charge in [0.1, 0.15) is 5.60 Å².